The van der Waals surface area contributed by atoms with Crippen molar-refractivity contribution in [2.45, 2.75) is 26.3 Å². The minimum atomic E-state index is 0.506. The summed E-state index contributed by atoms with van der Waals surface area (Å²) in [5.41, 5.74) is 4.08. The van der Waals surface area contributed by atoms with Crippen LogP contribution in [-0.2, 0) is 4.74 Å². The predicted molar refractivity (Wildman–Crippen MR) is 76.4 cm³/mol. The third kappa shape index (κ3) is 3.24. The van der Waals surface area contributed by atoms with Crippen LogP contribution in [-0.4, -0.2) is 39.4 Å². The van der Waals surface area contributed by atoms with Crippen LogP contribution in [0.5, 0.6) is 0 Å². The lowest BCUT2D eigenvalue weighted by Gasteiger charge is -2.28. The molecule has 3 nitrogen and oxygen atoms in total. The SMILES string of the molecule is Cc1cccc(N(C)CCC2COCCN2)c1C. The van der Waals surface area contributed by atoms with Gasteiger partial charge in [0.1, 0.15) is 0 Å². The fraction of sp³-hybridized carbons (Fsp3) is 0.600. The van der Waals surface area contributed by atoms with E-state index in [0.717, 1.165) is 32.7 Å². The number of rotatable bonds is 4. The summed E-state index contributed by atoms with van der Waals surface area (Å²) < 4.78 is 5.48. The van der Waals surface area contributed by atoms with Crippen molar-refractivity contribution in [3.05, 3.63) is 29.3 Å². The van der Waals surface area contributed by atoms with E-state index in [0.29, 0.717) is 6.04 Å². The lowest BCUT2D eigenvalue weighted by atomic mass is 10.1. The third-order valence-corrected chi connectivity index (χ3v) is 3.80. The van der Waals surface area contributed by atoms with Gasteiger partial charge in [-0.1, -0.05) is 12.1 Å². The van der Waals surface area contributed by atoms with Gasteiger partial charge in [-0.3, -0.25) is 0 Å². The van der Waals surface area contributed by atoms with Crippen LogP contribution in [0.15, 0.2) is 18.2 Å². The number of nitrogens with one attached hydrogen (secondary N) is 1. The molecule has 1 atom stereocenters. The molecule has 0 bridgehead atoms. The number of benzene rings is 1. The van der Waals surface area contributed by atoms with E-state index < -0.39 is 0 Å². The highest BCUT2D eigenvalue weighted by molar-refractivity contribution is 5.55. The molecule has 1 N–H and O–H groups in total. The summed E-state index contributed by atoms with van der Waals surface area (Å²) >= 11 is 0. The maximum absolute atomic E-state index is 5.48. The minimum Gasteiger partial charge on any atom is -0.379 e. The van der Waals surface area contributed by atoms with Crippen molar-refractivity contribution in [1.29, 1.82) is 0 Å². The number of hydrogen-bond acceptors (Lipinski definition) is 3. The van der Waals surface area contributed by atoms with Gasteiger partial charge in [0.25, 0.3) is 0 Å². The van der Waals surface area contributed by atoms with Crippen LogP contribution in [0.4, 0.5) is 5.69 Å². The average Bonchev–Trinajstić information content (AvgIpc) is 2.40. The zero-order valence-corrected chi connectivity index (χ0v) is 11.7. The Kier molecular flexibility index (Phi) is 4.61. The average molecular weight is 248 g/mol. The van der Waals surface area contributed by atoms with Gasteiger partial charge in [0.15, 0.2) is 0 Å². The van der Waals surface area contributed by atoms with Crippen LogP contribution in [0.3, 0.4) is 0 Å². The van der Waals surface area contributed by atoms with E-state index in [4.69, 9.17) is 4.74 Å². The first-order chi connectivity index (χ1) is 8.68. The highest BCUT2D eigenvalue weighted by Gasteiger charge is 2.14. The Morgan fingerprint density at radius 3 is 2.94 bits per heavy atom. The minimum absolute atomic E-state index is 0.506. The van der Waals surface area contributed by atoms with Crippen molar-refractivity contribution in [3.63, 3.8) is 0 Å². The van der Waals surface area contributed by atoms with Gasteiger partial charge >= 0.3 is 0 Å². The molecule has 100 valence electrons. The molecule has 3 heteroatoms. The van der Waals surface area contributed by atoms with Crippen LogP contribution >= 0.6 is 0 Å². The van der Waals surface area contributed by atoms with Crippen molar-refractivity contribution in [1.82, 2.24) is 5.32 Å². The summed E-state index contributed by atoms with van der Waals surface area (Å²) in [7, 11) is 2.17. The van der Waals surface area contributed by atoms with E-state index in [1.165, 1.54) is 16.8 Å². The Morgan fingerprint density at radius 2 is 2.22 bits per heavy atom. The molecule has 1 heterocycles. The van der Waals surface area contributed by atoms with Gasteiger partial charge in [0.2, 0.25) is 0 Å². The number of nitrogens with zero attached hydrogens (tertiary/aromatic N) is 1. The van der Waals surface area contributed by atoms with E-state index in [1.807, 2.05) is 0 Å². The topological polar surface area (TPSA) is 24.5 Å². The second-order valence-electron chi connectivity index (χ2n) is 5.16. The Hall–Kier alpha value is -1.06. The summed E-state index contributed by atoms with van der Waals surface area (Å²) in [6.07, 6.45) is 1.13. The number of morpholine rings is 1. The summed E-state index contributed by atoms with van der Waals surface area (Å²) in [5, 5.41) is 3.50. The van der Waals surface area contributed by atoms with Crippen molar-refractivity contribution >= 4 is 5.69 Å². The molecule has 18 heavy (non-hydrogen) atoms. The first kappa shape index (κ1) is 13.4. The van der Waals surface area contributed by atoms with Crippen molar-refractivity contribution < 1.29 is 4.74 Å². The maximum Gasteiger partial charge on any atom is 0.0620 e. The van der Waals surface area contributed by atoms with Gasteiger partial charge in [0, 0.05) is 31.9 Å². The second-order valence-corrected chi connectivity index (χ2v) is 5.16. The van der Waals surface area contributed by atoms with Crippen molar-refractivity contribution in [2.24, 2.45) is 0 Å². The van der Waals surface area contributed by atoms with Gasteiger partial charge in [-0.2, -0.15) is 0 Å². The summed E-state index contributed by atoms with van der Waals surface area (Å²) in [6.45, 7) is 8.11. The molecule has 0 aromatic heterocycles. The smallest absolute Gasteiger partial charge is 0.0620 e. The fourth-order valence-electron chi connectivity index (χ4n) is 2.42. The fourth-order valence-corrected chi connectivity index (χ4v) is 2.42. The first-order valence-electron chi connectivity index (χ1n) is 6.77. The van der Waals surface area contributed by atoms with Crippen LogP contribution < -0.4 is 10.2 Å². The zero-order valence-electron chi connectivity index (χ0n) is 11.7. The van der Waals surface area contributed by atoms with E-state index in [2.05, 4.69) is 49.3 Å². The molecule has 0 amide bonds. The maximum atomic E-state index is 5.48. The molecule has 0 aliphatic carbocycles. The standard InChI is InChI=1S/C15H24N2O/c1-12-5-4-6-15(13(12)2)17(3)9-7-14-11-18-10-8-16-14/h4-6,14,16H,7-11H2,1-3H3. The molecule has 1 aromatic rings. The van der Waals surface area contributed by atoms with Crippen LogP contribution in [0, 0.1) is 13.8 Å². The second kappa shape index (κ2) is 6.21. The molecule has 0 spiro atoms. The van der Waals surface area contributed by atoms with E-state index in [9.17, 15) is 0 Å². The molecule has 1 saturated heterocycles. The largest absolute Gasteiger partial charge is 0.379 e. The summed E-state index contributed by atoms with van der Waals surface area (Å²) in [5.74, 6) is 0. The highest BCUT2D eigenvalue weighted by Crippen LogP contribution is 2.21. The van der Waals surface area contributed by atoms with E-state index in [-0.39, 0.29) is 0 Å². The Morgan fingerprint density at radius 1 is 1.39 bits per heavy atom. The van der Waals surface area contributed by atoms with Crippen molar-refractivity contribution in [2.75, 3.05) is 38.3 Å². The van der Waals surface area contributed by atoms with Crippen molar-refractivity contribution in [3.8, 4) is 0 Å². The molecule has 1 unspecified atom stereocenters. The molecule has 1 aliphatic rings. The quantitative estimate of drug-likeness (QED) is 0.883. The number of aryl methyl sites for hydroxylation is 1. The van der Waals surface area contributed by atoms with Gasteiger partial charge in [-0.25, -0.2) is 0 Å². The third-order valence-electron chi connectivity index (χ3n) is 3.80. The Bertz CT molecular complexity index is 386. The van der Waals surface area contributed by atoms with Crippen LogP contribution in [0.2, 0.25) is 0 Å². The molecule has 1 aromatic carbocycles. The molecule has 2 rings (SSSR count). The number of hydrogen-bond donors (Lipinski definition) is 1. The van der Waals surface area contributed by atoms with Gasteiger partial charge in [-0.15, -0.1) is 0 Å². The highest BCUT2D eigenvalue weighted by atomic mass is 16.5. The lowest BCUT2D eigenvalue weighted by molar-refractivity contribution is 0.0749. The van der Waals surface area contributed by atoms with E-state index >= 15 is 0 Å². The molecule has 1 fully saturated rings. The zero-order chi connectivity index (χ0) is 13.0. The molecular weight excluding hydrogens is 224 g/mol. The molecule has 0 saturated carbocycles. The van der Waals surface area contributed by atoms with Gasteiger partial charge in [0.05, 0.1) is 13.2 Å². The van der Waals surface area contributed by atoms with Gasteiger partial charge < -0.3 is 15.0 Å². The van der Waals surface area contributed by atoms with Crippen LogP contribution in [0.25, 0.3) is 0 Å². The number of anilines is 1. The molecule has 1 aliphatic heterocycles. The van der Waals surface area contributed by atoms with Gasteiger partial charge in [-0.05, 0) is 37.5 Å². The monoisotopic (exact) mass is 248 g/mol. The summed E-state index contributed by atoms with van der Waals surface area (Å²) in [6, 6.07) is 7.01. The first-order valence-corrected chi connectivity index (χ1v) is 6.77. The predicted octanol–water partition coefficient (Wildman–Crippen LogP) is 2.12. The summed E-state index contributed by atoms with van der Waals surface area (Å²) in [4.78, 5) is 2.35. The lowest BCUT2D eigenvalue weighted by Crippen LogP contribution is -2.43. The molecule has 0 radical (unpaired) electrons. The Labute approximate surface area is 110 Å². The normalized spacial score (nSPS) is 19.8. The van der Waals surface area contributed by atoms with Crippen LogP contribution in [0.1, 0.15) is 17.5 Å². The molecular formula is C15H24N2O. The van der Waals surface area contributed by atoms with E-state index in [1.54, 1.807) is 0 Å². The number of ether oxygens (including phenoxy) is 1. The Balaban J connectivity index is 1.90.